The van der Waals surface area contributed by atoms with Crippen molar-refractivity contribution in [1.29, 1.82) is 0 Å². The van der Waals surface area contributed by atoms with Gasteiger partial charge in [0, 0.05) is 11.1 Å². The number of hydrogen-bond acceptors (Lipinski definition) is 5. The van der Waals surface area contributed by atoms with Gasteiger partial charge in [0.25, 0.3) is 0 Å². The maximum Gasteiger partial charge on any atom is 0.355 e. The van der Waals surface area contributed by atoms with Crippen molar-refractivity contribution in [2.45, 2.75) is 6.54 Å². The highest BCUT2D eigenvalue weighted by molar-refractivity contribution is 7.09. The first kappa shape index (κ1) is 14.8. The molecule has 0 saturated heterocycles. The predicted molar refractivity (Wildman–Crippen MR) is 77.9 cm³/mol. The Kier molecular flexibility index (Phi) is 4.72. The van der Waals surface area contributed by atoms with Gasteiger partial charge in [-0.1, -0.05) is 0 Å². The van der Waals surface area contributed by atoms with Crippen molar-refractivity contribution in [3.8, 4) is 5.75 Å². The molecule has 0 unspecified atom stereocenters. The molecule has 0 fully saturated rings. The van der Waals surface area contributed by atoms with Gasteiger partial charge in [-0.15, -0.1) is 11.3 Å². The first-order valence-corrected chi connectivity index (χ1v) is 6.83. The fraction of sp³-hybridized carbons (Fsp3) is 0.154. The molecule has 0 radical (unpaired) electrons. The number of aromatic carboxylic acids is 1. The summed E-state index contributed by atoms with van der Waals surface area (Å²) in [6.07, 6.45) is 0. The van der Waals surface area contributed by atoms with E-state index in [1.165, 1.54) is 16.7 Å². The number of thiazole rings is 1. The van der Waals surface area contributed by atoms with Crippen molar-refractivity contribution in [3.05, 3.63) is 40.3 Å². The van der Waals surface area contributed by atoms with Gasteiger partial charge in [-0.25, -0.2) is 14.6 Å². The average molecular weight is 307 g/mol. The van der Waals surface area contributed by atoms with Gasteiger partial charge in [0.2, 0.25) is 0 Å². The van der Waals surface area contributed by atoms with Gasteiger partial charge >= 0.3 is 12.0 Å². The summed E-state index contributed by atoms with van der Waals surface area (Å²) < 4.78 is 5.02. The molecular formula is C13H13N3O4S. The number of carbonyl (C=O) groups is 2. The van der Waals surface area contributed by atoms with Crippen LogP contribution in [0.25, 0.3) is 0 Å². The van der Waals surface area contributed by atoms with Crippen LogP contribution in [0.2, 0.25) is 0 Å². The Bertz CT molecular complexity index is 639. The standard InChI is InChI=1S/C13H13N3O4S/c1-20-9-4-2-8(3-5-9)15-13(19)14-6-11-16-10(7-21-11)12(17)18/h2-5,7H,6H2,1H3,(H,17,18)(H2,14,15,19). The normalized spacial score (nSPS) is 9.95. The van der Waals surface area contributed by atoms with Gasteiger partial charge in [0.05, 0.1) is 13.7 Å². The average Bonchev–Trinajstić information content (AvgIpc) is 2.95. The number of carbonyl (C=O) groups excluding carboxylic acids is 1. The van der Waals surface area contributed by atoms with Gasteiger partial charge < -0.3 is 20.5 Å². The molecule has 2 aromatic rings. The largest absolute Gasteiger partial charge is 0.497 e. The smallest absolute Gasteiger partial charge is 0.355 e. The number of nitrogens with one attached hydrogen (secondary N) is 2. The van der Waals surface area contributed by atoms with E-state index in [1.54, 1.807) is 31.4 Å². The first-order chi connectivity index (χ1) is 10.1. The molecule has 3 N–H and O–H groups in total. The van der Waals surface area contributed by atoms with Crippen LogP contribution in [0, 0.1) is 0 Å². The summed E-state index contributed by atoms with van der Waals surface area (Å²) in [6.45, 7) is 0.167. The number of ether oxygens (including phenoxy) is 1. The highest BCUT2D eigenvalue weighted by atomic mass is 32.1. The van der Waals surface area contributed by atoms with Crippen LogP contribution >= 0.6 is 11.3 Å². The molecule has 0 bridgehead atoms. The molecule has 1 heterocycles. The minimum absolute atomic E-state index is 0.0210. The first-order valence-electron chi connectivity index (χ1n) is 5.95. The van der Waals surface area contributed by atoms with Crippen molar-refractivity contribution in [2.24, 2.45) is 0 Å². The van der Waals surface area contributed by atoms with Gasteiger partial charge in [0.15, 0.2) is 5.69 Å². The van der Waals surface area contributed by atoms with E-state index in [2.05, 4.69) is 15.6 Å². The minimum atomic E-state index is -1.08. The second kappa shape index (κ2) is 6.71. The van der Waals surface area contributed by atoms with Crippen molar-refractivity contribution >= 4 is 29.0 Å². The minimum Gasteiger partial charge on any atom is -0.497 e. The van der Waals surface area contributed by atoms with E-state index in [0.29, 0.717) is 16.4 Å². The lowest BCUT2D eigenvalue weighted by molar-refractivity contribution is 0.0691. The number of aromatic nitrogens is 1. The van der Waals surface area contributed by atoms with Crippen molar-refractivity contribution < 1.29 is 19.4 Å². The molecule has 2 rings (SSSR count). The number of carboxylic acid groups (broad SMARTS) is 1. The molecule has 1 aromatic heterocycles. The molecule has 0 aliphatic rings. The molecule has 0 atom stereocenters. The zero-order chi connectivity index (χ0) is 15.2. The Morgan fingerprint density at radius 3 is 2.62 bits per heavy atom. The molecule has 2 amide bonds. The molecule has 7 nitrogen and oxygen atoms in total. The highest BCUT2D eigenvalue weighted by Crippen LogP contribution is 2.15. The number of nitrogens with zero attached hydrogens (tertiary/aromatic N) is 1. The summed E-state index contributed by atoms with van der Waals surface area (Å²) in [5, 5.41) is 16.0. The third-order valence-corrected chi connectivity index (χ3v) is 3.37. The summed E-state index contributed by atoms with van der Waals surface area (Å²) in [7, 11) is 1.56. The Hall–Kier alpha value is -2.61. The van der Waals surface area contributed by atoms with E-state index < -0.39 is 12.0 Å². The molecule has 8 heteroatoms. The molecule has 0 spiro atoms. The van der Waals surface area contributed by atoms with Gasteiger partial charge in [-0.2, -0.15) is 0 Å². The zero-order valence-electron chi connectivity index (χ0n) is 11.1. The van der Waals surface area contributed by atoms with Crippen LogP contribution in [0.5, 0.6) is 5.75 Å². The van der Waals surface area contributed by atoms with Crippen LogP contribution in [0.3, 0.4) is 0 Å². The Morgan fingerprint density at radius 2 is 2.05 bits per heavy atom. The van der Waals surface area contributed by atoms with E-state index in [0.717, 1.165) is 0 Å². The fourth-order valence-corrected chi connectivity index (χ4v) is 2.20. The molecule has 0 saturated carbocycles. The van der Waals surface area contributed by atoms with Gasteiger partial charge in [-0.05, 0) is 24.3 Å². The zero-order valence-corrected chi connectivity index (χ0v) is 11.9. The molecule has 21 heavy (non-hydrogen) atoms. The van der Waals surface area contributed by atoms with Crippen molar-refractivity contribution in [1.82, 2.24) is 10.3 Å². The quantitative estimate of drug-likeness (QED) is 0.786. The van der Waals surface area contributed by atoms with E-state index in [-0.39, 0.29) is 12.2 Å². The van der Waals surface area contributed by atoms with Gasteiger partial charge in [-0.3, -0.25) is 0 Å². The Balaban J connectivity index is 1.84. The summed E-state index contributed by atoms with van der Waals surface area (Å²) in [5.41, 5.74) is 0.603. The van der Waals surface area contributed by atoms with E-state index in [4.69, 9.17) is 9.84 Å². The maximum absolute atomic E-state index is 11.7. The van der Waals surface area contributed by atoms with Crippen LogP contribution in [-0.2, 0) is 6.54 Å². The van der Waals surface area contributed by atoms with Crippen LogP contribution in [-0.4, -0.2) is 29.2 Å². The van der Waals surface area contributed by atoms with Crippen LogP contribution in [0.1, 0.15) is 15.5 Å². The number of methoxy groups -OCH3 is 1. The van der Waals surface area contributed by atoms with E-state index >= 15 is 0 Å². The number of rotatable bonds is 5. The summed E-state index contributed by atoms with van der Waals surface area (Å²) in [5.74, 6) is -0.384. The summed E-state index contributed by atoms with van der Waals surface area (Å²) in [6, 6.07) is 6.49. The second-order valence-electron chi connectivity index (χ2n) is 3.97. The summed E-state index contributed by atoms with van der Waals surface area (Å²) >= 11 is 1.18. The second-order valence-corrected chi connectivity index (χ2v) is 4.91. The van der Waals surface area contributed by atoms with Crippen LogP contribution in [0.15, 0.2) is 29.6 Å². The number of urea groups is 1. The van der Waals surface area contributed by atoms with Crippen LogP contribution < -0.4 is 15.4 Å². The lowest BCUT2D eigenvalue weighted by Gasteiger charge is -2.07. The third kappa shape index (κ3) is 4.18. The molecule has 1 aromatic carbocycles. The molecule has 110 valence electrons. The van der Waals surface area contributed by atoms with Crippen molar-refractivity contribution in [3.63, 3.8) is 0 Å². The van der Waals surface area contributed by atoms with Crippen LogP contribution in [0.4, 0.5) is 10.5 Å². The monoisotopic (exact) mass is 307 g/mol. The van der Waals surface area contributed by atoms with E-state index in [9.17, 15) is 9.59 Å². The number of benzene rings is 1. The van der Waals surface area contributed by atoms with E-state index in [1.807, 2.05) is 0 Å². The molecule has 0 aliphatic carbocycles. The number of amides is 2. The summed E-state index contributed by atoms with van der Waals surface area (Å²) in [4.78, 5) is 26.2. The number of carboxylic acids is 1. The van der Waals surface area contributed by atoms with Gasteiger partial charge in [0.1, 0.15) is 10.8 Å². The Morgan fingerprint density at radius 1 is 1.33 bits per heavy atom. The predicted octanol–water partition coefficient (Wildman–Crippen LogP) is 2.17. The third-order valence-electron chi connectivity index (χ3n) is 2.52. The topological polar surface area (TPSA) is 101 Å². The number of hydrogen-bond donors (Lipinski definition) is 3. The molecule has 0 aliphatic heterocycles. The lowest BCUT2D eigenvalue weighted by Crippen LogP contribution is -2.28. The fourth-order valence-electron chi connectivity index (χ4n) is 1.50. The number of anilines is 1. The SMILES string of the molecule is COc1ccc(NC(=O)NCc2nc(C(=O)O)cs2)cc1. The molecular weight excluding hydrogens is 294 g/mol. The van der Waals surface area contributed by atoms with Crippen molar-refractivity contribution in [2.75, 3.05) is 12.4 Å². The maximum atomic E-state index is 11.7. The lowest BCUT2D eigenvalue weighted by atomic mass is 10.3. The Labute approximate surface area is 124 Å². The highest BCUT2D eigenvalue weighted by Gasteiger charge is 2.09.